The summed E-state index contributed by atoms with van der Waals surface area (Å²) in [7, 11) is 2.13. The van der Waals surface area contributed by atoms with Crippen molar-refractivity contribution in [1.29, 1.82) is 0 Å². The minimum Gasteiger partial charge on any atom is -0.304 e. The summed E-state index contributed by atoms with van der Waals surface area (Å²) in [5.41, 5.74) is 0. The zero-order chi connectivity index (χ0) is 13.8. The minimum atomic E-state index is 0.269. The van der Waals surface area contributed by atoms with Crippen LogP contribution in [0.1, 0.15) is 23.5 Å². The molecule has 5 heteroatoms. The number of carbonyl (C=O) groups excluding carboxylic acids is 1. The third kappa shape index (κ3) is 4.60. The van der Waals surface area contributed by atoms with Crippen molar-refractivity contribution in [3.8, 4) is 0 Å². The molecular formula is C14H22N2OS2. The summed E-state index contributed by atoms with van der Waals surface area (Å²) in [5.74, 6) is 0.269. The topological polar surface area (TPSA) is 23.6 Å². The van der Waals surface area contributed by atoms with Gasteiger partial charge in [0.2, 0.25) is 0 Å². The number of thioether (sulfide) groups is 1. The van der Waals surface area contributed by atoms with Gasteiger partial charge in [-0.25, -0.2) is 0 Å². The van der Waals surface area contributed by atoms with E-state index in [1.165, 1.54) is 4.21 Å². The quantitative estimate of drug-likeness (QED) is 0.616. The smallest absolute Gasteiger partial charge is 0.186 e. The Morgan fingerprint density at radius 1 is 1.32 bits per heavy atom. The molecule has 0 aliphatic carbocycles. The van der Waals surface area contributed by atoms with Gasteiger partial charge in [0, 0.05) is 31.4 Å². The molecular weight excluding hydrogens is 276 g/mol. The molecule has 0 radical (unpaired) electrons. The van der Waals surface area contributed by atoms with Gasteiger partial charge in [0.1, 0.15) is 0 Å². The van der Waals surface area contributed by atoms with Gasteiger partial charge in [0.25, 0.3) is 0 Å². The number of rotatable bonds is 5. The van der Waals surface area contributed by atoms with E-state index >= 15 is 0 Å². The molecule has 0 spiro atoms. The molecule has 0 aromatic carbocycles. The molecule has 1 fully saturated rings. The van der Waals surface area contributed by atoms with E-state index in [2.05, 4.69) is 36.8 Å². The Bertz CT molecular complexity index is 423. The van der Waals surface area contributed by atoms with Crippen molar-refractivity contribution >= 4 is 28.9 Å². The number of hydrogen-bond acceptors (Lipinski definition) is 5. The number of thiophene rings is 1. The first-order valence-corrected chi connectivity index (χ1v) is 8.45. The van der Waals surface area contributed by atoms with E-state index in [9.17, 15) is 4.79 Å². The lowest BCUT2D eigenvalue weighted by Gasteiger charge is -2.31. The van der Waals surface area contributed by atoms with E-state index in [4.69, 9.17) is 0 Å². The summed E-state index contributed by atoms with van der Waals surface area (Å²) < 4.78 is 1.25. The van der Waals surface area contributed by atoms with Crippen LogP contribution in [-0.4, -0.2) is 60.6 Å². The number of ketones is 1. The maximum atomic E-state index is 12.2. The van der Waals surface area contributed by atoms with Gasteiger partial charge in [-0.2, -0.15) is 0 Å². The lowest BCUT2D eigenvalue weighted by molar-refractivity contribution is 0.0880. The largest absolute Gasteiger partial charge is 0.304 e. The van der Waals surface area contributed by atoms with Crippen LogP contribution in [0.4, 0.5) is 0 Å². The van der Waals surface area contributed by atoms with Gasteiger partial charge in [-0.15, -0.1) is 23.1 Å². The van der Waals surface area contributed by atoms with E-state index < -0.39 is 0 Å². The van der Waals surface area contributed by atoms with Crippen LogP contribution in [0, 0.1) is 0 Å². The Morgan fingerprint density at radius 2 is 2.00 bits per heavy atom. The summed E-state index contributed by atoms with van der Waals surface area (Å²) in [6.45, 7) is 9.05. The second kappa shape index (κ2) is 6.88. The fraction of sp³-hybridized carbons (Fsp3) is 0.643. The SMILES string of the molecule is CC(C)Sc1ccc(C(=O)CN2CCN(C)CC2)s1. The highest BCUT2D eigenvalue weighted by molar-refractivity contribution is 8.01. The van der Waals surface area contributed by atoms with Crippen molar-refractivity contribution in [3.63, 3.8) is 0 Å². The second-order valence-corrected chi connectivity index (χ2v) is 8.25. The molecule has 106 valence electrons. The molecule has 0 saturated carbocycles. The van der Waals surface area contributed by atoms with Gasteiger partial charge in [0.15, 0.2) is 5.78 Å². The normalized spacial score (nSPS) is 18.1. The summed E-state index contributed by atoms with van der Waals surface area (Å²) in [6.07, 6.45) is 0. The number of carbonyl (C=O) groups is 1. The van der Waals surface area contributed by atoms with E-state index in [1.54, 1.807) is 11.3 Å². The molecule has 1 aliphatic heterocycles. The van der Waals surface area contributed by atoms with E-state index in [1.807, 2.05) is 17.8 Å². The molecule has 2 heterocycles. The molecule has 1 aromatic heterocycles. The van der Waals surface area contributed by atoms with E-state index in [0.29, 0.717) is 11.8 Å². The van der Waals surface area contributed by atoms with Crippen molar-refractivity contribution in [1.82, 2.24) is 9.80 Å². The monoisotopic (exact) mass is 298 g/mol. The number of likely N-dealkylation sites (N-methyl/N-ethyl adjacent to an activating group) is 1. The standard InChI is InChI=1S/C14H22N2OS2/c1-11(2)18-14-5-4-13(19-14)12(17)10-16-8-6-15(3)7-9-16/h4-5,11H,6-10H2,1-3H3. The maximum absolute atomic E-state index is 12.2. The van der Waals surface area contributed by atoms with Crippen LogP contribution in [0.3, 0.4) is 0 Å². The molecule has 1 aromatic rings. The van der Waals surface area contributed by atoms with Gasteiger partial charge < -0.3 is 4.90 Å². The predicted octanol–water partition coefficient (Wildman–Crippen LogP) is 2.68. The Hall–Kier alpha value is -0.360. The second-order valence-electron chi connectivity index (χ2n) is 5.29. The molecule has 1 aliphatic rings. The van der Waals surface area contributed by atoms with Gasteiger partial charge in [-0.3, -0.25) is 9.69 Å². The Labute approximate surface area is 124 Å². The average molecular weight is 298 g/mol. The Morgan fingerprint density at radius 3 is 2.63 bits per heavy atom. The first-order chi connectivity index (χ1) is 9.04. The molecule has 0 unspecified atom stereocenters. The highest BCUT2D eigenvalue weighted by Gasteiger charge is 2.18. The molecule has 0 N–H and O–H groups in total. The average Bonchev–Trinajstić information content (AvgIpc) is 2.80. The molecule has 0 atom stereocenters. The third-order valence-corrected chi connectivity index (χ3v) is 5.47. The number of Topliss-reactive ketones (excluding diaryl/α,β-unsaturated/α-hetero) is 1. The minimum absolute atomic E-state index is 0.269. The molecule has 0 bridgehead atoms. The van der Waals surface area contributed by atoms with Crippen molar-refractivity contribution < 1.29 is 4.79 Å². The van der Waals surface area contributed by atoms with E-state index in [0.717, 1.165) is 31.1 Å². The predicted molar refractivity (Wildman–Crippen MR) is 83.6 cm³/mol. The summed E-state index contributed by atoms with van der Waals surface area (Å²) in [5, 5.41) is 0.569. The lowest BCUT2D eigenvalue weighted by atomic mass is 10.2. The first-order valence-electron chi connectivity index (χ1n) is 6.75. The van der Waals surface area contributed by atoms with E-state index in [-0.39, 0.29) is 5.78 Å². The van der Waals surface area contributed by atoms with Gasteiger partial charge in [0.05, 0.1) is 15.6 Å². The van der Waals surface area contributed by atoms with Crippen molar-refractivity contribution in [2.75, 3.05) is 39.8 Å². The highest BCUT2D eigenvalue weighted by Crippen LogP contribution is 2.30. The van der Waals surface area contributed by atoms with Gasteiger partial charge >= 0.3 is 0 Å². The van der Waals surface area contributed by atoms with Crippen LogP contribution in [0.5, 0.6) is 0 Å². The maximum Gasteiger partial charge on any atom is 0.186 e. The first kappa shape index (κ1) is 15.0. The Balaban J connectivity index is 1.87. The van der Waals surface area contributed by atoms with Crippen LogP contribution in [0.15, 0.2) is 16.3 Å². The van der Waals surface area contributed by atoms with Gasteiger partial charge in [-0.05, 0) is 19.2 Å². The molecule has 19 heavy (non-hydrogen) atoms. The fourth-order valence-corrected chi connectivity index (χ4v) is 4.37. The number of hydrogen-bond donors (Lipinski definition) is 0. The van der Waals surface area contributed by atoms with Gasteiger partial charge in [-0.1, -0.05) is 13.8 Å². The third-order valence-electron chi connectivity index (χ3n) is 3.17. The zero-order valence-electron chi connectivity index (χ0n) is 11.9. The van der Waals surface area contributed by atoms with Crippen molar-refractivity contribution in [2.45, 2.75) is 23.3 Å². The Kier molecular flexibility index (Phi) is 5.45. The van der Waals surface area contributed by atoms with Crippen molar-refractivity contribution in [3.05, 3.63) is 17.0 Å². The van der Waals surface area contributed by atoms with Crippen LogP contribution >= 0.6 is 23.1 Å². The van der Waals surface area contributed by atoms with Crippen molar-refractivity contribution in [2.24, 2.45) is 0 Å². The fourth-order valence-electron chi connectivity index (χ4n) is 2.05. The van der Waals surface area contributed by atoms with Crippen LogP contribution in [0.25, 0.3) is 0 Å². The number of piperazine rings is 1. The van der Waals surface area contributed by atoms with Crippen LogP contribution in [0.2, 0.25) is 0 Å². The highest BCUT2D eigenvalue weighted by atomic mass is 32.2. The zero-order valence-corrected chi connectivity index (χ0v) is 13.5. The lowest BCUT2D eigenvalue weighted by Crippen LogP contribution is -2.46. The molecule has 0 amide bonds. The summed E-state index contributed by atoms with van der Waals surface area (Å²) in [6, 6.07) is 4.06. The van der Waals surface area contributed by atoms with Crippen LogP contribution in [-0.2, 0) is 0 Å². The summed E-state index contributed by atoms with van der Waals surface area (Å²) >= 11 is 3.46. The number of nitrogens with zero attached hydrogens (tertiary/aromatic N) is 2. The van der Waals surface area contributed by atoms with Crippen LogP contribution < -0.4 is 0 Å². The molecule has 1 saturated heterocycles. The molecule has 2 rings (SSSR count). The summed E-state index contributed by atoms with van der Waals surface area (Å²) in [4.78, 5) is 17.7. The molecule has 3 nitrogen and oxygen atoms in total.